The van der Waals surface area contributed by atoms with E-state index in [0.717, 1.165) is 42.9 Å². The zero-order valence-electron chi connectivity index (χ0n) is 13.2. The summed E-state index contributed by atoms with van der Waals surface area (Å²) in [7, 11) is 0. The van der Waals surface area contributed by atoms with E-state index in [-0.39, 0.29) is 5.91 Å². The number of aryl methyl sites for hydroxylation is 1. The molecule has 0 radical (unpaired) electrons. The van der Waals surface area contributed by atoms with Gasteiger partial charge in [0.2, 0.25) is 5.91 Å². The first kappa shape index (κ1) is 15.0. The predicted molar refractivity (Wildman–Crippen MR) is 81.0 cm³/mol. The Bertz CT molecular complexity index is 498. The summed E-state index contributed by atoms with van der Waals surface area (Å²) in [6.45, 7) is 11.1. The van der Waals surface area contributed by atoms with Crippen molar-refractivity contribution in [2.24, 2.45) is 0 Å². The molecule has 1 aromatic rings. The molecule has 1 aliphatic rings. The van der Waals surface area contributed by atoms with Crippen LogP contribution >= 0.6 is 0 Å². The van der Waals surface area contributed by atoms with E-state index < -0.39 is 5.54 Å². The molecule has 0 aromatic carbocycles. The van der Waals surface area contributed by atoms with Crippen molar-refractivity contribution < 1.29 is 4.79 Å². The zero-order valence-corrected chi connectivity index (χ0v) is 13.2. The molecule has 1 unspecified atom stereocenters. The molecule has 5 nitrogen and oxygen atoms in total. The van der Waals surface area contributed by atoms with Gasteiger partial charge in [0.05, 0.1) is 22.6 Å². The number of anilines is 1. The molecule has 1 aliphatic heterocycles. The van der Waals surface area contributed by atoms with Crippen molar-refractivity contribution in [2.75, 3.05) is 11.9 Å². The van der Waals surface area contributed by atoms with Crippen LogP contribution in [0.4, 0.5) is 5.69 Å². The molecule has 112 valence electrons. The molecule has 20 heavy (non-hydrogen) atoms. The second-order valence-electron chi connectivity index (χ2n) is 6.00. The number of hydrogen-bond donors (Lipinski definition) is 2. The van der Waals surface area contributed by atoms with Gasteiger partial charge in [-0.15, -0.1) is 0 Å². The summed E-state index contributed by atoms with van der Waals surface area (Å²) in [5.74, 6) is 0.0759. The van der Waals surface area contributed by atoms with Crippen molar-refractivity contribution in [3.05, 3.63) is 11.4 Å². The molecule has 1 atom stereocenters. The molecule has 5 heteroatoms. The normalized spacial score (nSPS) is 22.5. The van der Waals surface area contributed by atoms with Gasteiger partial charge in [0.15, 0.2) is 0 Å². The topological polar surface area (TPSA) is 59.0 Å². The second-order valence-corrected chi connectivity index (χ2v) is 6.00. The SMILES string of the molecule is CCC1(C(=O)Nc2c(C)nn(C(C)C)c2C)CCCN1. The smallest absolute Gasteiger partial charge is 0.244 e. The van der Waals surface area contributed by atoms with E-state index in [1.165, 1.54) is 0 Å². The Morgan fingerprint density at radius 2 is 2.20 bits per heavy atom. The number of rotatable bonds is 4. The van der Waals surface area contributed by atoms with Gasteiger partial charge in [-0.1, -0.05) is 6.92 Å². The Kier molecular flexibility index (Phi) is 4.18. The van der Waals surface area contributed by atoms with E-state index in [1.807, 2.05) is 18.5 Å². The minimum absolute atomic E-state index is 0.0759. The van der Waals surface area contributed by atoms with Crippen LogP contribution in [0.25, 0.3) is 0 Å². The third-order valence-electron chi connectivity index (χ3n) is 4.33. The Hall–Kier alpha value is -1.36. The van der Waals surface area contributed by atoms with Gasteiger partial charge in [0.25, 0.3) is 0 Å². The van der Waals surface area contributed by atoms with Crippen molar-refractivity contribution in [1.82, 2.24) is 15.1 Å². The molecule has 0 saturated carbocycles. The van der Waals surface area contributed by atoms with Crippen molar-refractivity contribution in [3.63, 3.8) is 0 Å². The van der Waals surface area contributed by atoms with Crippen LogP contribution in [0.5, 0.6) is 0 Å². The third-order valence-corrected chi connectivity index (χ3v) is 4.33. The van der Waals surface area contributed by atoms with Gasteiger partial charge in [-0.2, -0.15) is 5.10 Å². The molecule has 1 aromatic heterocycles. The average molecular weight is 278 g/mol. The molecule has 0 bridgehead atoms. The van der Waals surface area contributed by atoms with Gasteiger partial charge < -0.3 is 10.6 Å². The molecular weight excluding hydrogens is 252 g/mol. The molecule has 0 aliphatic carbocycles. The molecule has 0 spiro atoms. The van der Waals surface area contributed by atoms with E-state index in [2.05, 4.69) is 36.5 Å². The average Bonchev–Trinajstić information content (AvgIpc) is 2.99. The maximum absolute atomic E-state index is 12.6. The standard InChI is InChI=1S/C15H26N4O/c1-6-15(8-7-9-16-15)14(20)17-13-11(4)18-19(10(2)3)12(13)5/h10,16H,6-9H2,1-5H3,(H,17,20). The maximum Gasteiger partial charge on any atom is 0.244 e. The fourth-order valence-corrected chi connectivity index (χ4v) is 3.04. The van der Waals surface area contributed by atoms with E-state index in [4.69, 9.17) is 0 Å². The molecule has 2 N–H and O–H groups in total. The lowest BCUT2D eigenvalue weighted by molar-refractivity contribution is -0.122. The molecular formula is C15H26N4O. The van der Waals surface area contributed by atoms with Crippen LogP contribution in [0.2, 0.25) is 0 Å². The maximum atomic E-state index is 12.6. The van der Waals surface area contributed by atoms with E-state index in [0.29, 0.717) is 6.04 Å². The highest BCUT2D eigenvalue weighted by Crippen LogP contribution is 2.28. The number of hydrogen-bond acceptors (Lipinski definition) is 3. The largest absolute Gasteiger partial charge is 0.321 e. The number of carbonyl (C=O) groups is 1. The van der Waals surface area contributed by atoms with Gasteiger partial charge in [-0.05, 0) is 53.5 Å². The highest BCUT2D eigenvalue weighted by atomic mass is 16.2. The van der Waals surface area contributed by atoms with Crippen LogP contribution < -0.4 is 10.6 Å². The van der Waals surface area contributed by atoms with Gasteiger partial charge in [-0.25, -0.2) is 0 Å². The number of amides is 1. The first-order valence-electron chi connectivity index (χ1n) is 7.53. The Balaban J connectivity index is 2.24. The highest BCUT2D eigenvalue weighted by molar-refractivity contribution is 5.99. The van der Waals surface area contributed by atoms with Gasteiger partial charge in [0, 0.05) is 6.04 Å². The zero-order chi connectivity index (χ0) is 14.9. The number of carbonyl (C=O) groups excluding carboxylic acids is 1. The lowest BCUT2D eigenvalue weighted by Gasteiger charge is -2.26. The van der Waals surface area contributed by atoms with Gasteiger partial charge >= 0.3 is 0 Å². The second kappa shape index (κ2) is 5.56. The summed E-state index contributed by atoms with van der Waals surface area (Å²) in [5.41, 5.74) is 2.37. The first-order chi connectivity index (χ1) is 9.41. The molecule has 1 amide bonds. The molecule has 2 rings (SSSR count). The quantitative estimate of drug-likeness (QED) is 0.890. The number of nitrogens with one attached hydrogen (secondary N) is 2. The Labute approximate surface area is 121 Å². The molecule has 1 fully saturated rings. The van der Waals surface area contributed by atoms with Gasteiger partial charge in [-0.3, -0.25) is 9.48 Å². The van der Waals surface area contributed by atoms with Crippen molar-refractivity contribution in [3.8, 4) is 0 Å². The summed E-state index contributed by atoms with van der Waals surface area (Å²) < 4.78 is 1.96. The fraction of sp³-hybridized carbons (Fsp3) is 0.733. The molecule has 2 heterocycles. The summed E-state index contributed by atoms with van der Waals surface area (Å²) >= 11 is 0. The highest BCUT2D eigenvalue weighted by Gasteiger charge is 2.39. The minimum Gasteiger partial charge on any atom is -0.321 e. The fourth-order valence-electron chi connectivity index (χ4n) is 3.04. The summed E-state index contributed by atoms with van der Waals surface area (Å²) in [6, 6.07) is 0.295. The minimum atomic E-state index is -0.404. The van der Waals surface area contributed by atoms with Crippen LogP contribution in [0.1, 0.15) is 57.5 Å². The molecule has 1 saturated heterocycles. The van der Waals surface area contributed by atoms with Crippen LogP contribution in [-0.4, -0.2) is 27.8 Å². The Morgan fingerprint density at radius 1 is 1.50 bits per heavy atom. The first-order valence-corrected chi connectivity index (χ1v) is 7.53. The predicted octanol–water partition coefficient (Wildman–Crippen LogP) is 2.55. The monoisotopic (exact) mass is 278 g/mol. The van der Waals surface area contributed by atoms with E-state index in [9.17, 15) is 4.79 Å². The number of aromatic nitrogens is 2. The number of nitrogens with zero attached hydrogens (tertiary/aromatic N) is 2. The van der Waals surface area contributed by atoms with Crippen molar-refractivity contribution in [1.29, 1.82) is 0 Å². The van der Waals surface area contributed by atoms with Gasteiger partial charge in [0.1, 0.15) is 0 Å². The lowest BCUT2D eigenvalue weighted by atomic mass is 9.93. The summed E-state index contributed by atoms with van der Waals surface area (Å²) in [5, 5.41) is 11.0. The Morgan fingerprint density at radius 3 is 2.65 bits per heavy atom. The van der Waals surface area contributed by atoms with Crippen LogP contribution in [0.15, 0.2) is 0 Å². The van der Waals surface area contributed by atoms with Crippen LogP contribution in [0.3, 0.4) is 0 Å². The van der Waals surface area contributed by atoms with E-state index >= 15 is 0 Å². The van der Waals surface area contributed by atoms with Crippen LogP contribution in [0, 0.1) is 13.8 Å². The lowest BCUT2D eigenvalue weighted by Crippen LogP contribution is -2.50. The van der Waals surface area contributed by atoms with Crippen molar-refractivity contribution in [2.45, 2.75) is 65.5 Å². The summed E-state index contributed by atoms with van der Waals surface area (Å²) in [6.07, 6.45) is 2.78. The van der Waals surface area contributed by atoms with Crippen LogP contribution in [-0.2, 0) is 4.79 Å². The summed E-state index contributed by atoms with van der Waals surface area (Å²) in [4.78, 5) is 12.6. The third kappa shape index (κ3) is 2.46. The van der Waals surface area contributed by atoms with E-state index in [1.54, 1.807) is 0 Å². The van der Waals surface area contributed by atoms with Crippen molar-refractivity contribution >= 4 is 11.6 Å².